The number of aromatic amines is 1. The van der Waals surface area contributed by atoms with Gasteiger partial charge in [-0.3, -0.25) is 9.59 Å². The van der Waals surface area contributed by atoms with E-state index in [2.05, 4.69) is 4.98 Å². The number of likely N-dealkylation sites (tertiary alicyclic amines) is 1. The molecular weight excluding hydrogens is 299 g/mol. The van der Waals surface area contributed by atoms with E-state index in [0.29, 0.717) is 29.6 Å². The summed E-state index contributed by atoms with van der Waals surface area (Å²) in [5.41, 5.74) is 1.14. The summed E-state index contributed by atoms with van der Waals surface area (Å²) in [6.07, 6.45) is 3.28. The van der Waals surface area contributed by atoms with Crippen molar-refractivity contribution in [2.45, 2.75) is 38.1 Å². The molecule has 3 rings (SSSR count). The zero-order valence-electron chi connectivity index (χ0n) is 12.7. The number of amides is 1. The molecule has 1 aromatic heterocycles. The van der Waals surface area contributed by atoms with Crippen LogP contribution in [0.3, 0.4) is 0 Å². The lowest BCUT2D eigenvalue weighted by Crippen LogP contribution is -2.44. The van der Waals surface area contributed by atoms with Gasteiger partial charge in [-0.15, -0.1) is 0 Å². The minimum atomic E-state index is -0.843. The molecule has 1 aliphatic heterocycles. The summed E-state index contributed by atoms with van der Waals surface area (Å²) in [6, 6.07) is 5.96. The second-order valence-corrected chi connectivity index (χ2v) is 6.00. The van der Waals surface area contributed by atoms with E-state index in [1.165, 1.54) is 12.1 Å². The van der Waals surface area contributed by atoms with Crippen LogP contribution in [-0.4, -0.2) is 39.5 Å². The molecule has 1 atom stereocenters. The highest BCUT2D eigenvalue weighted by atomic mass is 19.1. The van der Waals surface area contributed by atoms with Crippen LogP contribution in [0.2, 0.25) is 0 Å². The van der Waals surface area contributed by atoms with Crippen molar-refractivity contribution < 1.29 is 19.1 Å². The molecular formula is C17H19FN2O3. The monoisotopic (exact) mass is 318 g/mol. The molecule has 1 saturated heterocycles. The Hall–Kier alpha value is -2.37. The number of carbonyl (C=O) groups excluding carboxylic acids is 1. The number of aliphatic carboxylic acids is 1. The second kappa shape index (κ2) is 6.40. The minimum absolute atomic E-state index is 0.0458. The number of hydrogen-bond donors (Lipinski definition) is 2. The van der Waals surface area contributed by atoms with Gasteiger partial charge in [0, 0.05) is 29.9 Å². The van der Waals surface area contributed by atoms with Crippen molar-refractivity contribution in [2.75, 3.05) is 6.54 Å². The molecule has 1 aromatic carbocycles. The highest BCUT2D eigenvalue weighted by Crippen LogP contribution is 2.24. The molecule has 1 fully saturated rings. The lowest BCUT2D eigenvalue weighted by Gasteiger charge is -2.35. The molecule has 0 bridgehead atoms. The van der Waals surface area contributed by atoms with Crippen molar-refractivity contribution in [3.63, 3.8) is 0 Å². The van der Waals surface area contributed by atoms with Crippen molar-refractivity contribution in [2.24, 2.45) is 0 Å². The number of carboxylic acids is 1. The van der Waals surface area contributed by atoms with Crippen molar-refractivity contribution in [1.29, 1.82) is 0 Å². The molecule has 23 heavy (non-hydrogen) atoms. The maximum Gasteiger partial charge on any atom is 0.303 e. The van der Waals surface area contributed by atoms with Crippen LogP contribution in [0.25, 0.3) is 10.9 Å². The van der Waals surface area contributed by atoms with Crippen LogP contribution in [0.15, 0.2) is 24.3 Å². The summed E-state index contributed by atoms with van der Waals surface area (Å²) < 4.78 is 13.3. The highest BCUT2D eigenvalue weighted by Gasteiger charge is 2.28. The summed E-state index contributed by atoms with van der Waals surface area (Å²) in [4.78, 5) is 28.3. The molecule has 1 amide bonds. The van der Waals surface area contributed by atoms with Gasteiger partial charge in [0.2, 0.25) is 0 Å². The molecule has 1 unspecified atom stereocenters. The molecule has 5 nitrogen and oxygen atoms in total. The first kappa shape index (κ1) is 15.5. The number of rotatable bonds is 4. The predicted octanol–water partition coefficient (Wildman–Crippen LogP) is 3.17. The van der Waals surface area contributed by atoms with Crippen LogP contribution in [0.5, 0.6) is 0 Å². The van der Waals surface area contributed by atoms with E-state index in [1.807, 2.05) is 0 Å². The van der Waals surface area contributed by atoms with Gasteiger partial charge in [-0.25, -0.2) is 4.39 Å². The molecule has 6 heteroatoms. The predicted molar refractivity (Wildman–Crippen MR) is 83.8 cm³/mol. The fraction of sp³-hybridized carbons (Fsp3) is 0.412. The van der Waals surface area contributed by atoms with Crippen LogP contribution in [0.1, 0.15) is 42.6 Å². The number of piperidine rings is 1. The van der Waals surface area contributed by atoms with Gasteiger partial charge >= 0.3 is 5.97 Å². The molecule has 1 aliphatic rings. The van der Waals surface area contributed by atoms with Gasteiger partial charge in [-0.2, -0.15) is 0 Å². The molecule has 2 heterocycles. The summed E-state index contributed by atoms with van der Waals surface area (Å²) in [7, 11) is 0. The maximum absolute atomic E-state index is 13.3. The molecule has 0 radical (unpaired) electrons. The first-order chi connectivity index (χ1) is 11.0. The summed E-state index contributed by atoms with van der Waals surface area (Å²) >= 11 is 0. The first-order valence-electron chi connectivity index (χ1n) is 7.85. The molecule has 2 N–H and O–H groups in total. The Morgan fingerprint density at radius 3 is 2.91 bits per heavy atom. The van der Waals surface area contributed by atoms with Gasteiger partial charge < -0.3 is 15.0 Å². The Balaban J connectivity index is 1.81. The average Bonchev–Trinajstić information content (AvgIpc) is 2.95. The van der Waals surface area contributed by atoms with E-state index in [1.54, 1.807) is 17.0 Å². The van der Waals surface area contributed by atoms with Gasteiger partial charge in [0.05, 0.1) is 0 Å². The first-order valence-corrected chi connectivity index (χ1v) is 7.85. The van der Waals surface area contributed by atoms with E-state index >= 15 is 0 Å². The number of hydrogen-bond acceptors (Lipinski definition) is 2. The lowest BCUT2D eigenvalue weighted by molar-refractivity contribution is -0.137. The van der Waals surface area contributed by atoms with Crippen LogP contribution in [0.4, 0.5) is 4.39 Å². The van der Waals surface area contributed by atoms with Crippen molar-refractivity contribution in [1.82, 2.24) is 9.88 Å². The zero-order chi connectivity index (χ0) is 16.4. The van der Waals surface area contributed by atoms with Crippen molar-refractivity contribution in [3.8, 4) is 0 Å². The smallest absolute Gasteiger partial charge is 0.303 e. The third-order valence-electron chi connectivity index (χ3n) is 4.39. The fourth-order valence-corrected chi connectivity index (χ4v) is 3.23. The third-order valence-corrected chi connectivity index (χ3v) is 4.39. The Morgan fingerprint density at radius 2 is 2.13 bits per heavy atom. The van der Waals surface area contributed by atoms with Gasteiger partial charge in [0.1, 0.15) is 11.5 Å². The number of carboxylic acid groups (broad SMARTS) is 1. The standard InChI is InChI=1S/C17H19FN2O3/c18-12-4-6-14-11(9-12)10-15(19-14)17(23)20-8-2-1-3-13(20)5-7-16(21)22/h4,6,9-10,13,19H,1-3,5,7-8H2,(H,21,22). The maximum atomic E-state index is 13.3. The Kier molecular flexibility index (Phi) is 4.32. The van der Waals surface area contributed by atoms with Crippen LogP contribution in [0, 0.1) is 5.82 Å². The SMILES string of the molecule is O=C(O)CCC1CCCCN1C(=O)c1cc2cc(F)ccc2[nH]1. The van der Waals surface area contributed by atoms with E-state index in [-0.39, 0.29) is 24.2 Å². The topological polar surface area (TPSA) is 73.4 Å². The lowest BCUT2D eigenvalue weighted by atomic mass is 9.97. The van der Waals surface area contributed by atoms with Crippen LogP contribution < -0.4 is 0 Å². The van der Waals surface area contributed by atoms with Gasteiger partial charge in [0.25, 0.3) is 5.91 Å². The number of H-pyrrole nitrogens is 1. The molecule has 122 valence electrons. The van der Waals surface area contributed by atoms with Gasteiger partial charge in [-0.05, 0) is 49.9 Å². The number of fused-ring (bicyclic) bond motifs is 1. The average molecular weight is 318 g/mol. The summed E-state index contributed by atoms with van der Waals surface area (Å²) in [5.74, 6) is -1.33. The molecule has 0 aliphatic carbocycles. The van der Waals surface area contributed by atoms with Crippen molar-refractivity contribution in [3.05, 3.63) is 35.8 Å². The third kappa shape index (κ3) is 3.36. The van der Waals surface area contributed by atoms with Gasteiger partial charge in [-0.1, -0.05) is 0 Å². The van der Waals surface area contributed by atoms with Crippen LogP contribution >= 0.6 is 0 Å². The number of nitrogens with one attached hydrogen (secondary N) is 1. The second-order valence-electron chi connectivity index (χ2n) is 6.00. The summed E-state index contributed by atoms with van der Waals surface area (Å²) in [5, 5.41) is 9.52. The zero-order valence-corrected chi connectivity index (χ0v) is 12.7. The number of nitrogens with zero attached hydrogens (tertiary/aromatic N) is 1. The van der Waals surface area contributed by atoms with E-state index in [9.17, 15) is 14.0 Å². The fourth-order valence-electron chi connectivity index (χ4n) is 3.23. The minimum Gasteiger partial charge on any atom is -0.481 e. The largest absolute Gasteiger partial charge is 0.481 e. The van der Waals surface area contributed by atoms with E-state index in [0.717, 1.165) is 19.3 Å². The molecule has 2 aromatic rings. The van der Waals surface area contributed by atoms with E-state index in [4.69, 9.17) is 5.11 Å². The van der Waals surface area contributed by atoms with E-state index < -0.39 is 5.97 Å². The Morgan fingerprint density at radius 1 is 1.30 bits per heavy atom. The Labute approximate surface area is 133 Å². The molecule has 0 spiro atoms. The highest BCUT2D eigenvalue weighted by molar-refractivity contribution is 5.98. The van der Waals surface area contributed by atoms with Gasteiger partial charge in [0.15, 0.2) is 0 Å². The number of halogens is 1. The van der Waals surface area contributed by atoms with Crippen molar-refractivity contribution >= 4 is 22.8 Å². The number of benzene rings is 1. The van der Waals surface area contributed by atoms with Crippen LogP contribution in [-0.2, 0) is 4.79 Å². The quantitative estimate of drug-likeness (QED) is 0.909. The number of carbonyl (C=O) groups is 2. The summed E-state index contributed by atoms with van der Waals surface area (Å²) in [6.45, 7) is 0.632. The molecule has 0 saturated carbocycles. The normalized spacial score (nSPS) is 18.3. The number of aromatic nitrogens is 1. The Bertz CT molecular complexity index is 741.